The first kappa shape index (κ1) is 12.2. The van der Waals surface area contributed by atoms with Gasteiger partial charge in [0.15, 0.2) is 0 Å². The Morgan fingerprint density at radius 2 is 2.00 bits per heavy atom. The molecule has 2 aliphatic rings. The number of rotatable bonds is 1. The van der Waals surface area contributed by atoms with Gasteiger partial charge >= 0.3 is 0 Å². The maximum atomic E-state index is 11.3. The quantitative estimate of drug-likeness (QED) is 0.746. The largest absolute Gasteiger partial charge is 0.384 e. The molecule has 3 rings (SSSR count). The zero-order valence-electron chi connectivity index (χ0n) is 11.0. The van der Waals surface area contributed by atoms with Gasteiger partial charge in [0.05, 0.1) is 0 Å². The lowest BCUT2D eigenvalue weighted by molar-refractivity contribution is -0.0204. The molecule has 1 aliphatic heterocycles. The molecule has 0 amide bonds. The van der Waals surface area contributed by atoms with Crippen molar-refractivity contribution in [1.82, 2.24) is 5.32 Å². The van der Waals surface area contributed by atoms with Crippen molar-refractivity contribution in [2.24, 2.45) is 0 Å². The van der Waals surface area contributed by atoms with Crippen LogP contribution in [-0.2, 0) is 12.0 Å². The monoisotopic (exact) mass is 245 g/mol. The van der Waals surface area contributed by atoms with Gasteiger partial charge in [-0.2, -0.15) is 0 Å². The molecular formula is C16H23NO. The molecule has 0 bridgehead atoms. The highest BCUT2D eigenvalue weighted by molar-refractivity contribution is 5.35. The Labute approximate surface area is 109 Å². The van der Waals surface area contributed by atoms with E-state index in [0.29, 0.717) is 0 Å². The molecule has 98 valence electrons. The molecule has 0 spiro atoms. The third-order valence-electron chi connectivity index (χ3n) is 4.62. The van der Waals surface area contributed by atoms with Gasteiger partial charge in [-0.15, -0.1) is 0 Å². The summed E-state index contributed by atoms with van der Waals surface area (Å²) >= 11 is 0. The summed E-state index contributed by atoms with van der Waals surface area (Å²) in [6.45, 7) is 1.05. The second-order valence-electron chi connectivity index (χ2n) is 5.79. The van der Waals surface area contributed by atoms with Crippen LogP contribution in [0, 0.1) is 0 Å². The van der Waals surface area contributed by atoms with Crippen molar-refractivity contribution in [3.05, 3.63) is 35.4 Å². The zero-order chi connectivity index (χ0) is 12.4. The fraction of sp³-hybridized carbons (Fsp3) is 0.625. The second kappa shape index (κ2) is 5.02. The van der Waals surface area contributed by atoms with Crippen LogP contribution in [0.2, 0.25) is 0 Å². The van der Waals surface area contributed by atoms with Crippen molar-refractivity contribution in [2.75, 3.05) is 6.54 Å². The summed E-state index contributed by atoms with van der Waals surface area (Å²) in [6, 6.07) is 8.73. The Morgan fingerprint density at radius 3 is 2.83 bits per heavy atom. The van der Waals surface area contributed by atoms with E-state index in [1.165, 1.54) is 30.4 Å². The maximum absolute atomic E-state index is 11.3. The first-order valence-electron chi connectivity index (χ1n) is 7.35. The Bertz CT molecular complexity index is 411. The maximum Gasteiger partial charge on any atom is 0.105 e. The standard InChI is InChI=1S/C16H23NO/c18-16(15-10-4-6-12-17-15)11-5-3-8-13-7-1-2-9-14(13)16/h1-2,7,9,15,17-18H,3-6,8,10-12H2. The summed E-state index contributed by atoms with van der Waals surface area (Å²) in [5, 5.41) is 14.8. The van der Waals surface area contributed by atoms with E-state index in [-0.39, 0.29) is 6.04 Å². The highest BCUT2D eigenvalue weighted by Crippen LogP contribution is 2.39. The van der Waals surface area contributed by atoms with Crippen molar-refractivity contribution < 1.29 is 5.11 Å². The lowest BCUT2D eigenvalue weighted by atomic mass is 9.78. The fourth-order valence-electron chi connectivity index (χ4n) is 3.63. The molecule has 0 aromatic heterocycles. The van der Waals surface area contributed by atoms with E-state index in [4.69, 9.17) is 0 Å². The van der Waals surface area contributed by atoms with Crippen LogP contribution in [-0.4, -0.2) is 17.7 Å². The lowest BCUT2D eigenvalue weighted by Crippen LogP contribution is -2.50. The molecule has 18 heavy (non-hydrogen) atoms. The number of hydrogen-bond donors (Lipinski definition) is 2. The molecule has 1 saturated heterocycles. The highest BCUT2D eigenvalue weighted by atomic mass is 16.3. The van der Waals surface area contributed by atoms with E-state index in [1.54, 1.807) is 0 Å². The molecular weight excluding hydrogens is 222 g/mol. The van der Waals surface area contributed by atoms with Crippen LogP contribution in [0.25, 0.3) is 0 Å². The number of fused-ring (bicyclic) bond motifs is 1. The first-order chi connectivity index (χ1) is 8.81. The van der Waals surface area contributed by atoms with Crippen molar-refractivity contribution in [1.29, 1.82) is 0 Å². The summed E-state index contributed by atoms with van der Waals surface area (Å²) in [7, 11) is 0. The number of aliphatic hydroxyl groups is 1. The number of hydrogen-bond acceptors (Lipinski definition) is 2. The summed E-state index contributed by atoms with van der Waals surface area (Å²) < 4.78 is 0. The van der Waals surface area contributed by atoms with Gasteiger partial charge in [0.2, 0.25) is 0 Å². The van der Waals surface area contributed by atoms with Crippen LogP contribution in [0.1, 0.15) is 49.7 Å². The number of nitrogens with one attached hydrogen (secondary N) is 1. The van der Waals surface area contributed by atoms with Gasteiger partial charge < -0.3 is 10.4 Å². The average molecular weight is 245 g/mol. The van der Waals surface area contributed by atoms with E-state index in [1.807, 2.05) is 0 Å². The third-order valence-corrected chi connectivity index (χ3v) is 4.62. The van der Waals surface area contributed by atoms with Gasteiger partial charge in [-0.25, -0.2) is 0 Å². The van der Waals surface area contributed by atoms with Crippen LogP contribution in [0.5, 0.6) is 0 Å². The molecule has 2 N–H and O–H groups in total. The van der Waals surface area contributed by atoms with Gasteiger partial charge in [-0.3, -0.25) is 0 Å². The summed E-state index contributed by atoms with van der Waals surface area (Å²) in [4.78, 5) is 0. The Balaban J connectivity index is 1.98. The molecule has 2 unspecified atom stereocenters. The predicted molar refractivity (Wildman–Crippen MR) is 73.5 cm³/mol. The molecule has 1 aromatic carbocycles. The predicted octanol–water partition coefficient (Wildman–Crippen LogP) is 2.74. The third kappa shape index (κ3) is 2.08. The summed E-state index contributed by atoms with van der Waals surface area (Å²) in [5.41, 5.74) is 1.89. The van der Waals surface area contributed by atoms with Crippen LogP contribution < -0.4 is 5.32 Å². The van der Waals surface area contributed by atoms with Crippen LogP contribution in [0.15, 0.2) is 24.3 Å². The fourth-order valence-corrected chi connectivity index (χ4v) is 3.63. The summed E-state index contributed by atoms with van der Waals surface area (Å²) in [6.07, 6.45) is 7.93. The van der Waals surface area contributed by atoms with Crippen LogP contribution in [0.4, 0.5) is 0 Å². The van der Waals surface area contributed by atoms with Crippen molar-refractivity contribution >= 4 is 0 Å². The van der Waals surface area contributed by atoms with Gasteiger partial charge in [0.1, 0.15) is 5.60 Å². The minimum Gasteiger partial charge on any atom is -0.384 e. The SMILES string of the molecule is OC1(C2CCCCN2)CCCCc2ccccc21. The van der Waals surface area contributed by atoms with E-state index < -0.39 is 5.60 Å². The van der Waals surface area contributed by atoms with E-state index in [2.05, 4.69) is 29.6 Å². The van der Waals surface area contributed by atoms with Gasteiger partial charge in [-0.1, -0.05) is 30.7 Å². The second-order valence-corrected chi connectivity index (χ2v) is 5.79. The van der Waals surface area contributed by atoms with Crippen molar-refractivity contribution in [2.45, 2.75) is 56.6 Å². The van der Waals surface area contributed by atoms with Crippen molar-refractivity contribution in [3.63, 3.8) is 0 Å². The van der Waals surface area contributed by atoms with E-state index in [9.17, 15) is 5.11 Å². The molecule has 2 atom stereocenters. The molecule has 0 saturated carbocycles. The Kier molecular flexibility index (Phi) is 3.40. The zero-order valence-corrected chi connectivity index (χ0v) is 11.0. The van der Waals surface area contributed by atoms with Gasteiger partial charge in [-0.05, 0) is 56.2 Å². The Hall–Kier alpha value is -0.860. The average Bonchev–Trinajstić information content (AvgIpc) is 2.61. The first-order valence-corrected chi connectivity index (χ1v) is 7.35. The topological polar surface area (TPSA) is 32.3 Å². The van der Waals surface area contributed by atoms with Crippen LogP contribution in [0.3, 0.4) is 0 Å². The lowest BCUT2D eigenvalue weighted by Gasteiger charge is -2.40. The van der Waals surface area contributed by atoms with Gasteiger partial charge in [0, 0.05) is 6.04 Å². The number of piperidine rings is 1. The number of aryl methyl sites for hydroxylation is 1. The van der Waals surface area contributed by atoms with E-state index >= 15 is 0 Å². The number of benzene rings is 1. The molecule has 2 nitrogen and oxygen atoms in total. The molecule has 1 aromatic rings. The minimum atomic E-state index is -0.645. The molecule has 1 heterocycles. The molecule has 1 aliphatic carbocycles. The van der Waals surface area contributed by atoms with Crippen LogP contribution >= 0.6 is 0 Å². The molecule has 0 radical (unpaired) electrons. The highest BCUT2D eigenvalue weighted by Gasteiger charge is 2.40. The van der Waals surface area contributed by atoms with E-state index in [0.717, 1.165) is 32.2 Å². The summed E-state index contributed by atoms with van der Waals surface area (Å²) in [5.74, 6) is 0. The molecule has 2 heteroatoms. The van der Waals surface area contributed by atoms with Gasteiger partial charge in [0.25, 0.3) is 0 Å². The minimum absolute atomic E-state index is 0.241. The normalized spacial score (nSPS) is 32.6. The smallest absolute Gasteiger partial charge is 0.105 e. The van der Waals surface area contributed by atoms with Crippen molar-refractivity contribution in [3.8, 4) is 0 Å². The Morgan fingerprint density at radius 1 is 1.11 bits per heavy atom. The molecule has 1 fully saturated rings.